The number of rotatable bonds is 3. The third kappa shape index (κ3) is 10.7. The molecule has 0 aliphatic carbocycles. The van der Waals surface area contributed by atoms with E-state index >= 15 is 0 Å². The van der Waals surface area contributed by atoms with Gasteiger partial charge in [0, 0.05) is 0 Å². The van der Waals surface area contributed by atoms with Crippen molar-refractivity contribution in [2.24, 2.45) is 0 Å². The van der Waals surface area contributed by atoms with Crippen LogP contribution in [0.3, 0.4) is 0 Å². The van der Waals surface area contributed by atoms with Crippen LogP contribution in [0.4, 0.5) is 0 Å². The molecule has 0 aliphatic rings. The maximum atomic E-state index is 5.12. The molecule has 0 aromatic heterocycles. The standard InChI is InChI=1S/C14H14O2.4C2H6/c1-15-13-7-3-11(4-8-13)12-5-9-14(16-2)10-6-12;4*1-2/h3-10H,1-2H3;4*1-2H3. The van der Waals surface area contributed by atoms with E-state index in [4.69, 9.17) is 9.47 Å². The van der Waals surface area contributed by atoms with Gasteiger partial charge in [-0.25, -0.2) is 0 Å². The third-order valence-electron chi connectivity index (χ3n) is 2.51. The van der Waals surface area contributed by atoms with E-state index in [0.717, 1.165) is 11.5 Å². The molecule has 0 atom stereocenters. The first kappa shape index (κ1) is 26.9. The molecule has 0 spiro atoms. The minimum Gasteiger partial charge on any atom is -0.497 e. The largest absolute Gasteiger partial charge is 0.497 e. The monoisotopic (exact) mass is 334 g/mol. The molecule has 2 aromatic rings. The van der Waals surface area contributed by atoms with Gasteiger partial charge in [0.25, 0.3) is 0 Å². The number of hydrogen-bond donors (Lipinski definition) is 0. The lowest BCUT2D eigenvalue weighted by atomic mass is 10.1. The molecule has 2 rings (SSSR count). The fourth-order valence-corrected chi connectivity index (χ4v) is 1.57. The second-order valence-electron chi connectivity index (χ2n) is 3.46. The van der Waals surface area contributed by atoms with Crippen LogP contribution in [0.15, 0.2) is 48.5 Å². The normalized spacial score (nSPS) is 7.58. The average molecular weight is 335 g/mol. The van der Waals surface area contributed by atoms with Crippen LogP contribution in [0.2, 0.25) is 0 Å². The molecule has 138 valence electrons. The van der Waals surface area contributed by atoms with Gasteiger partial charge in [-0.2, -0.15) is 0 Å². The maximum absolute atomic E-state index is 5.12. The Balaban J connectivity index is -0.000000484. The zero-order chi connectivity index (χ0) is 19.4. The van der Waals surface area contributed by atoms with E-state index in [1.807, 2.05) is 104 Å². The zero-order valence-corrected chi connectivity index (χ0v) is 17.4. The van der Waals surface area contributed by atoms with Crippen LogP contribution in [0.5, 0.6) is 11.5 Å². The summed E-state index contributed by atoms with van der Waals surface area (Å²) in [5.41, 5.74) is 2.34. The summed E-state index contributed by atoms with van der Waals surface area (Å²) in [6, 6.07) is 16.0. The number of ether oxygens (including phenoxy) is 2. The van der Waals surface area contributed by atoms with Gasteiger partial charge in [-0.15, -0.1) is 0 Å². The molecule has 0 N–H and O–H groups in total. The van der Waals surface area contributed by atoms with E-state index in [1.54, 1.807) is 14.2 Å². The van der Waals surface area contributed by atoms with E-state index < -0.39 is 0 Å². The van der Waals surface area contributed by atoms with Crippen LogP contribution in [0.25, 0.3) is 11.1 Å². The van der Waals surface area contributed by atoms with Crippen molar-refractivity contribution in [1.29, 1.82) is 0 Å². The van der Waals surface area contributed by atoms with Gasteiger partial charge < -0.3 is 9.47 Å². The molecule has 0 saturated heterocycles. The van der Waals surface area contributed by atoms with Gasteiger partial charge in [-0.1, -0.05) is 79.7 Å². The molecule has 0 fully saturated rings. The molecule has 0 aliphatic heterocycles. The summed E-state index contributed by atoms with van der Waals surface area (Å²) < 4.78 is 10.2. The molecule has 0 radical (unpaired) electrons. The smallest absolute Gasteiger partial charge is 0.118 e. The Labute approximate surface area is 150 Å². The second kappa shape index (κ2) is 21.0. The highest BCUT2D eigenvalue weighted by Crippen LogP contribution is 2.24. The van der Waals surface area contributed by atoms with E-state index in [9.17, 15) is 0 Å². The summed E-state index contributed by atoms with van der Waals surface area (Å²) in [6.45, 7) is 16.0. The highest BCUT2D eigenvalue weighted by atomic mass is 16.5. The van der Waals surface area contributed by atoms with Crippen LogP contribution in [-0.2, 0) is 0 Å². The van der Waals surface area contributed by atoms with E-state index in [-0.39, 0.29) is 0 Å². The van der Waals surface area contributed by atoms with Crippen molar-refractivity contribution in [2.75, 3.05) is 14.2 Å². The lowest BCUT2D eigenvalue weighted by Gasteiger charge is -2.05. The molecule has 0 amide bonds. The number of benzene rings is 2. The highest BCUT2D eigenvalue weighted by Gasteiger charge is 1.98. The molecule has 0 unspecified atom stereocenters. The van der Waals surface area contributed by atoms with Gasteiger partial charge in [-0.05, 0) is 35.4 Å². The molecule has 24 heavy (non-hydrogen) atoms. The fraction of sp³-hybridized carbons (Fsp3) is 0.455. The number of hydrogen-bond acceptors (Lipinski definition) is 2. The fourth-order valence-electron chi connectivity index (χ4n) is 1.57. The molecule has 2 nitrogen and oxygen atoms in total. The molecule has 0 saturated carbocycles. The summed E-state index contributed by atoms with van der Waals surface area (Å²) >= 11 is 0. The third-order valence-corrected chi connectivity index (χ3v) is 2.51. The molecule has 0 bridgehead atoms. The van der Waals surface area contributed by atoms with Crippen LogP contribution in [0, 0.1) is 0 Å². The van der Waals surface area contributed by atoms with Crippen LogP contribution in [-0.4, -0.2) is 14.2 Å². The summed E-state index contributed by atoms with van der Waals surface area (Å²) in [5, 5.41) is 0. The average Bonchev–Trinajstić information content (AvgIpc) is 2.74. The Kier molecular flexibility index (Phi) is 23.6. The topological polar surface area (TPSA) is 18.5 Å². The quantitative estimate of drug-likeness (QED) is 0.579. The van der Waals surface area contributed by atoms with Crippen LogP contribution < -0.4 is 9.47 Å². The summed E-state index contributed by atoms with van der Waals surface area (Å²) in [6.07, 6.45) is 0. The summed E-state index contributed by atoms with van der Waals surface area (Å²) in [7, 11) is 3.34. The van der Waals surface area contributed by atoms with Crippen LogP contribution >= 0.6 is 0 Å². The van der Waals surface area contributed by atoms with Crippen molar-refractivity contribution in [3.05, 3.63) is 48.5 Å². The van der Waals surface area contributed by atoms with Crippen molar-refractivity contribution in [1.82, 2.24) is 0 Å². The van der Waals surface area contributed by atoms with E-state index in [1.165, 1.54) is 11.1 Å². The molecule has 2 heteroatoms. The Morgan fingerprint density at radius 2 is 0.625 bits per heavy atom. The maximum Gasteiger partial charge on any atom is 0.118 e. The summed E-state index contributed by atoms with van der Waals surface area (Å²) in [5.74, 6) is 1.74. The predicted octanol–water partition coefficient (Wildman–Crippen LogP) is 7.48. The van der Waals surface area contributed by atoms with Gasteiger partial charge in [0.05, 0.1) is 14.2 Å². The van der Waals surface area contributed by atoms with Gasteiger partial charge in [0.1, 0.15) is 11.5 Å². The molecule has 0 heterocycles. The van der Waals surface area contributed by atoms with Gasteiger partial charge >= 0.3 is 0 Å². The van der Waals surface area contributed by atoms with Crippen LogP contribution in [0.1, 0.15) is 55.4 Å². The van der Waals surface area contributed by atoms with Crippen molar-refractivity contribution < 1.29 is 9.47 Å². The Morgan fingerprint density at radius 1 is 0.417 bits per heavy atom. The molecular formula is C22H38O2. The summed E-state index contributed by atoms with van der Waals surface area (Å²) in [4.78, 5) is 0. The van der Waals surface area contributed by atoms with Gasteiger partial charge in [0.2, 0.25) is 0 Å². The predicted molar refractivity (Wildman–Crippen MR) is 110 cm³/mol. The molecular weight excluding hydrogens is 296 g/mol. The Morgan fingerprint density at radius 3 is 0.792 bits per heavy atom. The first-order chi connectivity index (χ1) is 11.8. The highest BCUT2D eigenvalue weighted by molar-refractivity contribution is 5.64. The Bertz CT molecular complexity index is 399. The lowest BCUT2D eigenvalue weighted by molar-refractivity contribution is 0.414. The number of methoxy groups -OCH3 is 2. The van der Waals surface area contributed by atoms with Crippen molar-refractivity contribution >= 4 is 0 Å². The first-order valence-corrected chi connectivity index (χ1v) is 9.12. The van der Waals surface area contributed by atoms with E-state index in [2.05, 4.69) is 0 Å². The lowest BCUT2D eigenvalue weighted by Crippen LogP contribution is -1.84. The minimum absolute atomic E-state index is 0.872. The first-order valence-electron chi connectivity index (χ1n) is 9.12. The SMILES string of the molecule is CC.CC.CC.CC.COc1ccc(-c2ccc(OC)cc2)cc1. The molecule has 2 aromatic carbocycles. The minimum atomic E-state index is 0.872. The second-order valence-corrected chi connectivity index (χ2v) is 3.46. The zero-order valence-electron chi connectivity index (χ0n) is 17.4. The Hall–Kier alpha value is -1.96. The van der Waals surface area contributed by atoms with Crippen molar-refractivity contribution in [2.45, 2.75) is 55.4 Å². The van der Waals surface area contributed by atoms with Crippen molar-refractivity contribution in [3.63, 3.8) is 0 Å². The van der Waals surface area contributed by atoms with E-state index in [0.29, 0.717) is 0 Å². The van der Waals surface area contributed by atoms with Crippen molar-refractivity contribution in [3.8, 4) is 22.6 Å². The van der Waals surface area contributed by atoms with Gasteiger partial charge in [0.15, 0.2) is 0 Å². The van der Waals surface area contributed by atoms with Gasteiger partial charge in [-0.3, -0.25) is 0 Å².